The summed E-state index contributed by atoms with van der Waals surface area (Å²) in [7, 11) is 0. The Balaban J connectivity index is 1.47. The number of nitrogens with one attached hydrogen (secondary N) is 1. The summed E-state index contributed by atoms with van der Waals surface area (Å²) in [5, 5.41) is 7.97. The Hall–Kier alpha value is -3.20. The van der Waals surface area contributed by atoms with Crippen molar-refractivity contribution in [3.8, 4) is 17.3 Å². The van der Waals surface area contributed by atoms with E-state index in [0.29, 0.717) is 24.2 Å². The van der Waals surface area contributed by atoms with Crippen LogP contribution < -0.4 is 4.74 Å². The van der Waals surface area contributed by atoms with Crippen molar-refractivity contribution in [1.29, 1.82) is 0 Å². The quantitative estimate of drug-likeness (QED) is 0.510. The molecule has 4 aromatic rings. The number of hydrogen-bond donors (Lipinski definition) is 1. The van der Waals surface area contributed by atoms with Crippen molar-refractivity contribution in [2.24, 2.45) is 0 Å². The third-order valence-corrected chi connectivity index (χ3v) is 6.67. The van der Waals surface area contributed by atoms with Gasteiger partial charge in [0.2, 0.25) is 0 Å². The van der Waals surface area contributed by atoms with E-state index < -0.39 is 17.8 Å². The molecule has 2 fully saturated rings. The molecule has 0 spiro atoms. The average Bonchev–Trinajstić information content (AvgIpc) is 3.46. The Kier molecular flexibility index (Phi) is 4.36. The summed E-state index contributed by atoms with van der Waals surface area (Å²) in [5.41, 5.74) is 1.37. The lowest BCUT2D eigenvalue weighted by Gasteiger charge is -2.30. The smallest absolute Gasteiger partial charge is 0.317 e. The minimum Gasteiger partial charge on any atom is -0.461 e. The van der Waals surface area contributed by atoms with Gasteiger partial charge in [-0.3, -0.25) is 10.00 Å². The fourth-order valence-electron chi connectivity index (χ4n) is 5.23. The second kappa shape index (κ2) is 7.16. The van der Waals surface area contributed by atoms with Crippen LogP contribution in [0.15, 0.2) is 36.5 Å². The molecule has 6 nitrogen and oxygen atoms in total. The molecule has 2 aliphatic rings. The minimum atomic E-state index is -0.883. The molecule has 32 heavy (non-hydrogen) atoms. The molecule has 2 atom stereocenters. The van der Waals surface area contributed by atoms with Crippen LogP contribution in [-0.2, 0) is 0 Å². The molecule has 0 amide bonds. The van der Waals surface area contributed by atoms with Crippen molar-refractivity contribution < 1.29 is 17.9 Å². The number of alkyl halides is 1. The van der Waals surface area contributed by atoms with E-state index in [1.807, 2.05) is 18.2 Å². The predicted octanol–water partition coefficient (Wildman–Crippen LogP) is 4.41. The van der Waals surface area contributed by atoms with Gasteiger partial charge in [-0.1, -0.05) is 12.1 Å². The largest absolute Gasteiger partial charge is 0.461 e. The van der Waals surface area contributed by atoms with Crippen LogP contribution in [-0.4, -0.2) is 56.5 Å². The summed E-state index contributed by atoms with van der Waals surface area (Å²) in [5.74, 6) is -1.51. The van der Waals surface area contributed by atoms with Crippen LogP contribution in [0.3, 0.4) is 0 Å². The average molecular weight is 439 g/mol. The van der Waals surface area contributed by atoms with Crippen molar-refractivity contribution in [3.05, 3.63) is 48.2 Å². The molecule has 1 N–H and O–H groups in total. The van der Waals surface area contributed by atoms with Crippen molar-refractivity contribution in [1.82, 2.24) is 25.1 Å². The van der Waals surface area contributed by atoms with Gasteiger partial charge in [0, 0.05) is 35.4 Å². The highest BCUT2D eigenvalue weighted by Crippen LogP contribution is 2.40. The molecule has 2 aromatic heterocycles. The minimum absolute atomic E-state index is 0.0120. The van der Waals surface area contributed by atoms with E-state index in [-0.39, 0.29) is 29.1 Å². The highest BCUT2D eigenvalue weighted by molar-refractivity contribution is 6.02. The molecule has 164 valence electrons. The maximum absolute atomic E-state index is 14.7. The van der Waals surface area contributed by atoms with E-state index >= 15 is 0 Å². The fraction of sp³-hybridized carbons (Fsp3) is 0.348. The number of halogens is 3. The molecular formula is C23H20F3N5O. The lowest BCUT2D eigenvalue weighted by molar-refractivity contribution is 0.107. The van der Waals surface area contributed by atoms with Gasteiger partial charge in [0.25, 0.3) is 0 Å². The summed E-state index contributed by atoms with van der Waals surface area (Å²) in [6.07, 6.45) is 2.98. The number of hydrogen-bond acceptors (Lipinski definition) is 5. The van der Waals surface area contributed by atoms with Crippen LogP contribution in [0.25, 0.3) is 33.1 Å². The molecule has 2 saturated heterocycles. The third-order valence-electron chi connectivity index (χ3n) is 6.67. The summed E-state index contributed by atoms with van der Waals surface area (Å²) in [6.45, 7) is 1.46. The van der Waals surface area contributed by atoms with Gasteiger partial charge in [-0.05, 0) is 31.5 Å². The number of fused-ring (bicyclic) bond motifs is 3. The first kappa shape index (κ1) is 19.5. The number of benzene rings is 2. The second-order valence-corrected chi connectivity index (χ2v) is 8.64. The van der Waals surface area contributed by atoms with Crippen LogP contribution in [0.5, 0.6) is 6.01 Å². The molecular weight excluding hydrogens is 419 g/mol. The molecule has 0 unspecified atom stereocenters. The number of rotatable bonds is 4. The van der Waals surface area contributed by atoms with Gasteiger partial charge in [-0.25, -0.2) is 13.2 Å². The lowest BCUT2D eigenvalue weighted by Crippen LogP contribution is -2.43. The Labute approximate surface area is 181 Å². The monoisotopic (exact) mass is 439 g/mol. The first-order valence-electron chi connectivity index (χ1n) is 10.6. The van der Waals surface area contributed by atoms with E-state index in [0.717, 1.165) is 36.4 Å². The van der Waals surface area contributed by atoms with Crippen LogP contribution in [0.2, 0.25) is 0 Å². The topological polar surface area (TPSA) is 66.9 Å². The first-order chi connectivity index (χ1) is 15.5. The Morgan fingerprint density at radius 3 is 3.00 bits per heavy atom. The van der Waals surface area contributed by atoms with Gasteiger partial charge in [0.15, 0.2) is 5.82 Å². The van der Waals surface area contributed by atoms with E-state index in [4.69, 9.17) is 4.74 Å². The molecule has 0 bridgehead atoms. The lowest BCUT2D eigenvalue weighted by atomic mass is 9.95. The van der Waals surface area contributed by atoms with E-state index in [2.05, 4.69) is 25.1 Å². The SMILES string of the molecule is Fc1cc(F)c2nc(OC[C@@]34CCCN3C[C@H](F)C4)nc(-c3cccc4[nH]ncc34)c2c1. The fourth-order valence-corrected chi connectivity index (χ4v) is 5.23. The number of aromatic amines is 1. The molecule has 0 radical (unpaired) electrons. The molecule has 6 rings (SSSR count). The molecule has 4 heterocycles. The van der Waals surface area contributed by atoms with Gasteiger partial charge >= 0.3 is 6.01 Å². The van der Waals surface area contributed by atoms with Crippen LogP contribution in [0.4, 0.5) is 13.2 Å². The summed E-state index contributed by atoms with van der Waals surface area (Å²) in [6, 6.07) is 7.49. The zero-order chi connectivity index (χ0) is 21.9. The Bertz CT molecular complexity index is 1340. The van der Waals surface area contributed by atoms with Crippen molar-refractivity contribution >= 4 is 21.8 Å². The van der Waals surface area contributed by atoms with Gasteiger partial charge in [-0.15, -0.1) is 0 Å². The number of nitrogens with zero attached hydrogens (tertiary/aromatic N) is 4. The van der Waals surface area contributed by atoms with Gasteiger partial charge in [0.05, 0.1) is 22.9 Å². The summed E-state index contributed by atoms with van der Waals surface area (Å²) >= 11 is 0. The van der Waals surface area contributed by atoms with Crippen molar-refractivity contribution in [2.45, 2.75) is 31.0 Å². The predicted molar refractivity (Wildman–Crippen MR) is 113 cm³/mol. The highest BCUT2D eigenvalue weighted by atomic mass is 19.1. The van der Waals surface area contributed by atoms with Gasteiger partial charge in [0.1, 0.15) is 24.1 Å². The first-order valence-corrected chi connectivity index (χ1v) is 10.6. The maximum Gasteiger partial charge on any atom is 0.317 e. The Morgan fingerprint density at radius 2 is 2.09 bits per heavy atom. The highest BCUT2D eigenvalue weighted by Gasteiger charge is 2.49. The zero-order valence-corrected chi connectivity index (χ0v) is 17.1. The Morgan fingerprint density at radius 1 is 1.19 bits per heavy atom. The van der Waals surface area contributed by atoms with Gasteiger partial charge < -0.3 is 4.74 Å². The van der Waals surface area contributed by atoms with E-state index in [9.17, 15) is 13.2 Å². The normalized spacial score (nSPS) is 23.3. The molecule has 9 heteroatoms. The van der Waals surface area contributed by atoms with Crippen LogP contribution in [0.1, 0.15) is 19.3 Å². The summed E-state index contributed by atoms with van der Waals surface area (Å²) in [4.78, 5) is 10.9. The van der Waals surface area contributed by atoms with E-state index in [1.165, 1.54) is 6.07 Å². The third kappa shape index (κ3) is 3.02. The number of ether oxygens (including phenoxy) is 1. The second-order valence-electron chi connectivity index (χ2n) is 8.64. The standard InChI is InChI=1S/C23H20F3N5O/c24-13-7-16-20(15-3-1-4-19-17(15)10-27-30-19)28-22(29-21(16)18(26)8-13)32-12-23-5-2-6-31(23)11-14(25)9-23/h1,3-4,7-8,10,14H,2,5-6,9,11-12H2,(H,27,30)/t14-,23+/m1/s1. The maximum atomic E-state index is 14.7. The van der Waals surface area contributed by atoms with Crippen molar-refractivity contribution in [3.63, 3.8) is 0 Å². The number of aromatic nitrogens is 4. The van der Waals surface area contributed by atoms with Crippen molar-refractivity contribution in [2.75, 3.05) is 19.7 Å². The molecule has 0 aliphatic carbocycles. The number of H-pyrrole nitrogens is 1. The molecule has 0 saturated carbocycles. The zero-order valence-electron chi connectivity index (χ0n) is 17.1. The molecule has 2 aliphatic heterocycles. The van der Waals surface area contributed by atoms with Crippen LogP contribution in [0, 0.1) is 11.6 Å². The van der Waals surface area contributed by atoms with Crippen LogP contribution >= 0.6 is 0 Å². The van der Waals surface area contributed by atoms with Gasteiger partial charge in [-0.2, -0.15) is 15.1 Å². The molecule has 2 aromatic carbocycles. The summed E-state index contributed by atoms with van der Waals surface area (Å²) < 4.78 is 48.9. The van der Waals surface area contributed by atoms with E-state index in [1.54, 1.807) is 6.20 Å².